The highest BCUT2D eigenvalue weighted by Gasteiger charge is 2.48. The van der Waals surface area contributed by atoms with Crippen molar-refractivity contribution in [2.75, 3.05) is 32.7 Å². The van der Waals surface area contributed by atoms with Crippen molar-refractivity contribution < 1.29 is 19.2 Å². The number of amides is 5. The minimum Gasteiger partial charge on any atom is -0.341 e. The Kier molecular flexibility index (Phi) is 9.07. The Morgan fingerprint density at radius 1 is 1.06 bits per heavy atom. The number of carbonyl (C=O) groups is 4. The summed E-state index contributed by atoms with van der Waals surface area (Å²) < 4.78 is 0. The highest BCUT2D eigenvalue weighted by atomic mass is 16.2. The lowest BCUT2D eigenvalue weighted by molar-refractivity contribution is -0.144. The second-order valence-corrected chi connectivity index (χ2v) is 10.4. The van der Waals surface area contributed by atoms with Crippen LogP contribution in [0.15, 0.2) is 0 Å². The third kappa shape index (κ3) is 6.67. The Labute approximate surface area is 192 Å². The van der Waals surface area contributed by atoms with Crippen LogP contribution >= 0.6 is 0 Å². The molecule has 32 heavy (non-hydrogen) atoms. The summed E-state index contributed by atoms with van der Waals surface area (Å²) in [6, 6.07) is -0.670. The third-order valence-corrected chi connectivity index (χ3v) is 6.15. The summed E-state index contributed by atoms with van der Waals surface area (Å²) in [5.74, 6) is 0.873. The second-order valence-electron chi connectivity index (χ2n) is 10.4. The molecule has 2 atom stereocenters. The van der Waals surface area contributed by atoms with Crippen molar-refractivity contribution >= 4 is 23.8 Å². The lowest BCUT2D eigenvalue weighted by atomic mass is 9.79. The van der Waals surface area contributed by atoms with Crippen molar-refractivity contribution in [2.45, 2.75) is 72.4 Å². The number of piperidine rings is 1. The number of carbonyl (C=O) groups excluding carboxylic acids is 4. The zero-order valence-electron chi connectivity index (χ0n) is 20.5. The van der Waals surface area contributed by atoms with E-state index in [-0.39, 0.29) is 36.2 Å². The maximum atomic E-state index is 12.7. The van der Waals surface area contributed by atoms with Crippen LogP contribution in [0.3, 0.4) is 0 Å². The van der Waals surface area contributed by atoms with Crippen LogP contribution in [-0.4, -0.2) is 77.9 Å². The topological polar surface area (TPSA) is 111 Å². The number of piperazine rings is 1. The van der Waals surface area contributed by atoms with E-state index in [1.54, 1.807) is 16.7 Å². The molecule has 0 aromatic carbocycles. The first-order chi connectivity index (χ1) is 14.9. The number of rotatable bonds is 5. The van der Waals surface area contributed by atoms with Crippen molar-refractivity contribution in [3.8, 4) is 0 Å². The zero-order chi connectivity index (χ0) is 24.1. The Balaban J connectivity index is 0.000000837. The van der Waals surface area contributed by atoms with Gasteiger partial charge in [-0.3, -0.25) is 19.7 Å². The van der Waals surface area contributed by atoms with E-state index >= 15 is 0 Å². The van der Waals surface area contributed by atoms with Crippen molar-refractivity contribution in [2.24, 2.45) is 17.8 Å². The number of imide groups is 1. The molecule has 2 unspecified atom stereocenters. The number of nitrogens with zero attached hydrogens (tertiary/aromatic N) is 2. The molecule has 0 spiro atoms. The van der Waals surface area contributed by atoms with Crippen LogP contribution in [0, 0.1) is 17.8 Å². The highest BCUT2D eigenvalue weighted by Crippen LogP contribution is 2.30. The first-order valence-corrected chi connectivity index (χ1v) is 11.9. The van der Waals surface area contributed by atoms with Crippen LogP contribution in [-0.2, 0) is 14.4 Å². The van der Waals surface area contributed by atoms with Crippen molar-refractivity contribution in [1.29, 1.82) is 0 Å². The summed E-state index contributed by atoms with van der Waals surface area (Å²) in [5, 5.41) is 8.26. The highest BCUT2D eigenvalue weighted by molar-refractivity contribution is 6.07. The Morgan fingerprint density at radius 2 is 1.66 bits per heavy atom. The lowest BCUT2D eigenvalue weighted by Crippen LogP contribution is -2.58. The maximum absolute atomic E-state index is 12.7. The van der Waals surface area contributed by atoms with Crippen LogP contribution in [0.2, 0.25) is 0 Å². The van der Waals surface area contributed by atoms with Gasteiger partial charge in [0.05, 0.1) is 12.6 Å². The molecule has 3 saturated heterocycles. The van der Waals surface area contributed by atoms with E-state index in [1.807, 2.05) is 0 Å². The third-order valence-electron chi connectivity index (χ3n) is 6.15. The van der Waals surface area contributed by atoms with E-state index in [1.165, 1.54) is 0 Å². The molecular formula is C23H41N5O4. The molecule has 9 nitrogen and oxygen atoms in total. The van der Waals surface area contributed by atoms with Gasteiger partial charge in [0.2, 0.25) is 11.8 Å². The molecule has 0 bridgehead atoms. The Hall–Kier alpha value is -2.16. The molecule has 3 heterocycles. The number of hydrogen-bond acceptors (Lipinski definition) is 5. The van der Waals surface area contributed by atoms with Gasteiger partial charge >= 0.3 is 6.03 Å². The van der Waals surface area contributed by atoms with Crippen molar-refractivity contribution in [3.05, 3.63) is 0 Å². The standard InChI is InChI=1S/C19H31N5O4.C4H10/c1-12(2)10-14-16(26)24(9-6-20-14)11-15(25)23-7-4-13(5-8-23)19(3)17(27)21-18(28)22-19;1-4(2)3/h12-14,20H,4-11H2,1-3H3,(H2,21,22,27,28);4H,1-3H3. The van der Waals surface area contributed by atoms with Crippen LogP contribution in [0.4, 0.5) is 4.79 Å². The zero-order valence-corrected chi connectivity index (χ0v) is 20.5. The normalized spacial score (nSPS) is 26.8. The van der Waals surface area contributed by atoms with Gasteiger partial charge in [-0.25, -0.2) is 4.79 Å². The van der Waals surface area contributed by atoms with Gasteiger partial charge in [0.15, 0.2) is 0 Å². The Morgan fingerprint density at radius 3 is 2.16 bits per heavy atom. The molecule has 3 N–H and O–H groups in total. The fraction of sp³-hybridized carbons (Fsp3) is 0.826. The van der Waals surface area contributed by atoms with Gasteiger partial charge in [-0.1, -0.05) is 34.6 Å². The molecule has 0 aromatic heterocycles. The van der Waals surface area contributed by atoms with Gasteiger partial charge < -0.3 is 20.4 Å². The summed E-state index contributed by atoms with van der Waals surface area (Å²) in [6.07, 6.45) is 2.05. The van der Waals surface area contributed by atoms with Crippen LogP contribution in [0.25, 0.3) is 0 Å². The average Bonchev–Trinajstić information content (AvgIpc) is 2.97. The van der Waals surface area contributed by atoms with Gasteiger partial charge in [0.1, 0.15) is 5.54 Å². The number of hydrogen-bond donors (Lipinski definition) is 3. The average molecular weight is 452 g/mol. The molecule has 0 aromatic rings. The number of likely N-dealkylation sites (tertiary alicyclic amines) is 1. The minimum atomic E-state index is -0.912. The van der Waals surface area contributed by atoms with E-state index in [0.29, 0.717) is 44.9 Å². The van der Waals surface area contributed by atoms with E-state index in [0.717, 1.165) is 12.3 Å². The smallest absolute Gasteiger partial charge is 0.322 e. The predicted molar refractivity (Wildman–Crippen MR) is 123 cm³/mol. The van der Waals surface area contributed by atoms with Crippen molar-refractivity contribution in [1.82, 2.24) is 25.8 Å². The summed E-state index contributed by atoms with van der Waals surface area (Å²) in [4.78, 5) is 52.4. The van der Waals surface area contributed by atoms with Crippen LogP contribution < -0.4 is 16.0 Å². The summed E-state index contributed by atoms with van der Waals surface area (Å²) in [5.41, 5.74) is -0.912. The molecule has 0 radical (unpaired) electrons. The van der Waals surface area contributed by atoms with Crippen LogP contribution in [0.1, 0.15) is 60.8 Å². The van der Waals surface area contributed by atoms with Gasteiger partial charge in [0, 0.05) is 26.2 Å². The SMILES string of the molecule is CC(C)C.CC(C)CC1NCCN(CC(=O)N2CCC(C3(C)NC(=O)NC3=O)CC2)C1=O. The summed E-state index contributed by atoms with van der Waals surface area (Å²) in [6.45, 7) is 14.8. The Bertz CT molecular complexity index is 700. The van der Waals surface area contributed by atoms with E-state index in [2.05, 4.69) is 50.6 Å². The van der Waals surface area contributed by atoms with Gasteiger partial charge in [-0.2, -0.15) is 0 Å². The quantitative estimate of drug-likeness (QED) is 0.546. The fourth-order valence-corrected chi connectivity index (χ4v) is 4.42. The second kappa shape index (κ2) is 11.1. The first kappa shape index (κ1) is 26.1. The molecule has 182 valence electrons. The summed E-state index contributed by atoms with van der Waals surface area (Å²) >= 11 is 0. The fourth-order valence-electron chi connectivity index (χ4n) is 4.42. The molecule has 0 saturated carbocycles. The lowest BCUT2D eigenvalue weighted by Gasteiger charge is -2.40. The van der Waals surface area contributed by atoms with Gasteiger partial charge in [-0.15, -0.1) is 0 Å². The van der Waals surface area contributed by atoms with E-state index < -0.39 is 11.6 Å². The molecular weight excluding hydrogens is 410 g/mol. The number of urea groups is 1. The minimum absolute atomic E-state index is 0.000959. The molecule has 9 heteroatoms. The molecule has 3 aliphatic heterocycles. The first-order valence-electron chi connectivity index (χ1n) is 11.9. The summed E-state index contributed by atoms with van der Waals surface area (Å²) in [7, 11) is 0. The molecule has 5 amide bonds. The van der Waals surface area contributed by atoms with Crippen molar-refractivity contribution in [3.63, 3.8) is 0 Å². The van der Waals surface area contributed by atoms with E-state index in [9.17, 15) is 19.2 Å². The van der Waals surface area contributed by atoms with Gasteiger partial charge in [0.25, 0.3) is 5.91 Å². The van der Waals surface area contributed by atoms with Crippen LogP contribution in [0.5, 0.6) is 0 Å². The number of nitrogens with one attached hydrogen (secondary N) is 3. The van der Waals surface area contributed by atoms with Gasteiger partial charge in [-0.05, 0) is 43.9 Å². The maximum Gasteiger partial charge on any atom is 0.322 e. The predicted octanol–water partition coefficient (Wildman–Crippen LogP) is 1.33. The molecule has 0 aliphatic carbocycles. The molecule has 3 fully saturated rings. The van der Waals surface area contributed by atoms with E-state index in [4.69, 9.17) is 0 Å². The molecule has 3 aliphatic rings. The largest absolute Gasteiger partial charge is 0.341 e. The molecule has 3 rings (SSSR count). The monoisotopic (exact) mass is 451 g/mol.